The van der Waals surface area contributed by atoms with Crippen LogP contribution in [-0.4, -0.2) is 30.3 Å². The average Bonchev–Trinajstić information content (AvgIpc) is 2.68. The fraction of sp³-hybridized carbons (Fsp3) is 0.227. The Hall–Kier alpha value is -3.12. The first-order valence-corrected chi connectivity index (χ1v) is 9.50. The number of halogens is 1. The Kier molecular flexibility index (Phi) is 6.34. The average molecular weight is 412 g/mol. The van der Waals surface area contributed by atoms with E-state index in [0.29, 0.717) is 27.8 Å². The van der Waals surface area contributed by atoms with Crippen molar-refractivity contribution >= 4 is 34.6 Å². The number of aromatic nitrogens is 1. The largest absolute Gasteiger partial charge is 0.493 e. The van der Waals surface area contributed by atoms with Gasteiger partial charge in [-0.3, -0.25) is 4.79 Å². The second kappa shape index (κ2) is 8.92. The maximum absolute atomic E-state index is 12.4. The van der Waals surface area contributed by atoms with Crippen LogP contribution in [0.4, 0.5) is 0 Å². The molecule has 6 nitrogen and oxygen atoms in total. The molecule has 29 heavy (non-hydrogen) atoms. The summed E-state index contributed by atoms with van der Waals surface area (Å²) < 4.78 is 11.0. The lowest BCUT2D eigenvalue weighted by Gasteiger charge is -2.14. The van der Waals surface area contributed by atoms with Gasteiger partial charge in [0.1, 0.15) is 5.15 Å². The molecule has 0 aliphatic carbocycles. The fourth-order valence-corrected chi connectivity index (χ4v) is 2.94. The molecule has 3 aromatic rings. The lowest BCUT2D eigenvalue weighted by Crippen LogP contribution is -2.18. The normalized spacial score (nSPS) is 11.2. The van der Waals surface area contributed by atoms with E-state index in [0.717, 1.165) is 16.5 Å². The zero-order valence-corrected chi connectivity index (χ0v) is 17.4. The number of nitrogens with zero attached hydrogens (tertiary/aromatic N) is 2. The molecule has 7 heteroatoms. The fourth-order valence-electron chi connectivity index (χ4n) is 2.75. The van der Waals surface area contributed by atoms with E-state index >= 15 is 0 Å². The van der Waals surface area contributed by atoms with E-state index in [1.165, 1.54) is 13.3 Å². The minimum absolute atomic E-state index is 0.00240. The second-order valence-corrected chi connectivity index (χ2v) is 7.15. The molecule has 0 aliphatic heterocycles. The SMILES string of the molecule is COc1cc(C(=O)N/N=C\c2cc3ccc(C)cc3nc2Cl)ccc1OC(C)C. The lowest BCUT2D eigenvalue weighted by molar-refractivity contribution is 0.0954. The Morgan fingerprint density at radius 1 is 1.17 bits per heavy atom. The van der Waals surface area contributed by atoms with Crippen molar-refractivity contribution in [2.24, 2.45) is 5.10 Å². The summed E-state index contributed by atoms with van der Waals surface area (Å²) in [6.07, 6.45) is 1.47. The smallest absolute Gasteiger partial charge is 0.271 e. The van der Waals surface area contributed by atoms with E-state index in [1.54, 1.807) is 18.2 Å². The number of aryl methyl sites for hydroxylation is 1. The Balaban J connectivity index is 1.75. The first kappa shape index (κ1) is 20.6. The van der Waals surface area contributed by atoms with Crippen molar-refractivity contribution < 1.29 is 14.3 Å². The zero-order chi connectivity index (χ0) is 21.0. The van der Waals surface area contributed by atoms with Crippen molar-refractivity contribution in [2.45, 2.75) is 26.9 Å². The third-order valence-corrected chi connectivity index (χ3v) is 4.41. The van der Waals surface area contributed by atoms with Gasteiger partial charge in [-0.15, -0.1) is 0 Å². The number of nitrogens with one attached hydrogen (secondary N) is 1. The number of carbonyl (C=O) groups is 1. The maximum Gasteiger partial charge on any atom is 0.271 e. The predicted molar refractivity (Wildman–Crippen MR) is 115 cm³/mol. The number of hydrogen-bond donors (Lipinski definition) is 1. The quantitative estimate of drug-likeness (QED) is 0.360. The van der Waals surface area contributed by atoms with Gasteiger partial charge in [0.25, 0.3) is 5.91 Å². The van der Waals surface area contributed by atoms with Gasteiger partial charge in [-0.2, -0.15) is 5.10 Å². The van der Waals surface area contributed by atoms with Crippen molar-refractivity contribution in [3.63, 3.8) is 0 Å². The summed E-state index contributed by atoms with van der Waals surface area (Å²) in [6, 6.07) is 12.8. The van der Waals surface area contributed by atoms with Crippen LogP contribution in [0.3, 0.4) is 0 Å². The monoisotopic (exact) mass is 411 g/mol. The Morgan fingerprint density at radius 2 is 1.97 bits per heavy atom. The van der Waals surface area contributed by atoms with E-state index in [9.17, 15) is 4.79 Å². The summed E-state index contributed by atoms with van der Waals surface area (Å²) in [4.78, 5) is 16.8. The van der Waals surface area contributed by atoms with Crippen LogP contribution in [0, 0.1) is 6.92 Å². The van der Waals surface area contributed by atoms with Crippen LogP contribution >= 0.6 is 11.6 Å². The molecule has 150 valence electrons. The summed E-state index contributed by atoms with van der Waals surface area (Å²) in [5.41, 5.74) is 5.42. The van der Waals surface area contributed by atoms with Gasteiger partial charge >= 0.3 is 0 Å². The van der Waals surface area contributed by atoms with Crippen molar-refractivity contribution in [2.75, 3.05) is 7.11 Å². The number of hydrazone groups is 1. The molecule has 0 atom stereocenters. The molecule has 0 bridgehead atoms. The van der Waals surface area contributed by atoms with Crippen LogP contribution in [0.1, 0.15) is 35.3 Å². The number of methoxy groups -OCH3 is 1. The molecule has 0 spiro atoms. The predicted octanol–water partition coefficient (Wildman–Crippen LogP) is 4.76. The summed E-state index contributed by atoms with van der Waals surface area (Å²) in [6.45, 7) is 5.84. The highest BCUT2D eigenvalue weighted by Crippen LogP contribution is 2.29. The standard InChI is InChI=1S/C22H22ClN3O3/c1-13(2)29-19-8-7-16(11-20(19)28-4)22(27)26-24-12-17-10-15-6-5-14(3)9-18(15)25-21(17)23/h5-13H,1-4H3,(H,26,27)/b24-12-. The summed E-state index contributed by atoms with van der Waals surface area (Å²) in [5, 5.41) is 5.27. The Morgan fingerprint density at radius 3 is 2.69 bits per heavy atom. The van der Waals surface area contributed by atoms with Crippen molar-refractivity contribution in [3.05, 3.63) is 64.3 Å². The van der Waals surface area contributed by atoms with Crippen LogP contribution in [0.15, 0.2) is 47.6 Å². The van der Waals surface area contributed by atoms with Gasteiger partial charge in [0.05, 0.1) is 24.9 Å². The number of benzene rings is 2. The minimum atomic E-state index is -0.379. The van der Waals surface area contributed by atoms with Crippen LogP contribution in [0.2, 0.25) is 5.15 Å². The van der Waals surface area contributed by atoms with Crippen LogP contribution in [0.5, 0.6) is 11.5 Å². The van der Waals surface area contributed by atoms with E-state index < -0.39 is 0 Å². The molecule has 1 aromatic heterocycles. The zero-order valence-electron chi connectivity index (χ0n) is 16.7. The van der Waals surface area contributed by atoms with Crippen molar-refractivity contribution in [1.82, 2.24) is 10.4 Å². The first-order chi connectivity index (χ1) is 13.9. The van der Waals surface area contributed by atoms with E-state index in [2.05, 4.69) is 15.5 Å². The molecule has 0 fully saturated rings. The molecule has 3 rings (SSSR count). The molecule has 1 amide bonds. The molecular formula is C22H22ClN3O3. The summed E-state index contributed by atoms with van der Waals surface area (Å²) in [5.74, 6) is 0.676. The molecule has 0 aliphatic rings. The number of amides is 1. The van der Waals surface area contributed by atoms with Crippen molar-refractivity contribution in [3.8, 4) is 11.5 Å². The van der Waals surface area contributed by atoms with Gasteiger partial charge in [-0.25, -0.2) is 10.4 Å². The van der Waals surface area contributed by atoms with E-state index in [-0.39, 0.29) is 12.0 Å². The highest BCUT2D eigenvalue weighted by molar-refractivity contribution is 6.32. The molecule has 0 radical (unpaired) electrons. The molecule has 1 heterocycles. The van der Waals surface area contributed by atoms with Crippen LogP contribution < -0.4 is 14.9 Å². The number of rotatable bonds is 6. The van der Waals surface area contributed by atoms with Gasteiger partial charge in [-0.05, 0) is 56.7 Å². The van der Waals surface area contributed by atoms with E-state index in [1.807, 2.05) is 45.0 Å². The molecule has 0 saturated carbocycles. The van der Waals surface area contributed by atoms with Gasteiger partial charge in [0, 0.05) is 16.5 Å². The molecule has 2 aromatic carbocycles. The number of pyridine rings is 1. The van der Waals surface area contributed by atoms with Gasteiger partial charge in [-0.1, -0.05) is 23.7 Å². The van der Waals surface area contributed by atoms with Gasteiger partial charge in [0.15, 0.2) is 11.5 Å². The van der Waals surface area contributed by atoms with Crippen LogP contribution in [-0.2, 0) is 0 Å². The molecule has 0 saturated heterocycles. The maximum atomic E-state index is 12.4. The molecule has 0 unspecified atom stereocenters. The summed E-state index contributed by atoms with van der Waals surface area (Å²) >= 11 is 6.24. The molecular weight excluding hydrogens is 390 g/mol. The third-order valence-electron chi connectivity index (χ3n) is 4.11. The summed E-state index contributed by atoms with van der Waals surface area (Å²) in [7, 11) is 1.53. The Labute approximate surface area is 174 Å². The third kappa shape index (κ3) is 5.03. The highest BCUT2D eigenvalue weighted by Gasteiger charge is 2.12. The topological polar surface area (TPSA) is 72.8 Å². The van der Waals surface area contributed by atoms with Crippen molar-refractivity contribution in [1.29, 1.82) is 0 Å². The second-order valence-electron chi connectivity index (χ2n) is 6.80. The number of hydrogen-bond acceptors (Lipinski definition) is 5. The minimum Gasteiger partial charge on any atom is -0.493 e. The number of fused-ring (bicyclic) bond motifs is 1. The van der Waals surface area contributed by atoms with Gasteiger partial charge in [0.2, 0.25) is 0 Å². The number of carbonyl (C=O) groups excluding carboxylic acids is 1. The Bertz CT molecular complexity index is 1080. The van der Waals surface area contributed by atoms with Gasteiger partial charge < -0.3 is 9.47 Å². The number of ether oxygens (including phenoxy) is 2. The highest BCUT2D eigenvalue weighted by atomic mass is 35.5. The first-order valence-electron chi connectivity index (χ1n) is 9.12. The van der Waals surface area contributed by atoms with Crippen LogP contribution in [0.25, 0.3) is 10.9 Å². The molecule has 1 N–H and O–H groups in total. The van der Waals surface area contributed by atoms with E-state index in [4.69, 9.17) is 21.1 Å². The lowest BCUT2D eigenvalue weighted by atomic mass is 10.1.